The molecule has 0 spiro atoms. The molecule has 0 bridgehead atoms. The zero-order valence-electron chi connectivity index (χ0n) is 7.75. The van der Waals surface area contributed by atoms with Gasteiger partial charge in [-0.05, 0) is 19.4 Å². The van der Waals surface area contributed by atoms with Gasteiger partial charge in [0.25, 0.3) is 0 Å². The van der Waals surface area contributed by atoms with Crippen molar-refractivity contribution in [1.29, 1.82) is 0 Å². The summed E-state index contributed by atoms with van der Waals surface area (Å²) >= 11 is 0. The van der Waals surface area contributed by atoms with Crippen molar-refractivity contribution in [2.45, 2.75) is 18.9 Å². The predicted octanol–water partition coefficient (Wildman–Crippen LogP) is 0.733. The van der Waals surface area contributed by atoms with E-state index in [1.807, 2.05) is 4.90 Å². The molecule has 1 atom stereocenters. The Morgan fingerprint density at radius 3 is 2.85 bits per heavy atom. The molecule has 2 fully saturated rings. The largest absolute Gasteiger partial charge is 0.551 e. The van der Waals surface area contributed by atoms with Gasteiger partial charge >= 0.3 is 7.27 Å². The fourth-order valence-electron chi connectivity index (χ4n) is 2.42. The third-order valence-electron chi connectivity index (χ3n) is 3.07. The van der Waals surface area contributed by atoms with Crippen molar-refractivity contribution in [2.75, 3.05) is 32.6 Å². The van der Waals surface area contributed by atoms with Gasteiger partial charge in [0.2, 0.25) is 0 Å². The summed E-state index contributed by atoms with van der Waals surface area (Å²) in [6.45, 7) is 3.83. The van der Waals surface area contributed by atoms with Gasteiger partial charge in [0.1, 0.15) is 0 Å². The van der Waals surface area contributed by atoms with Crippen LogP contribution in [0.15, 0.2) is 0 Å². The fraction of sp³-hybridized carbons (Fsp3) is 1.00. The number of hydrogen-bond donors (Lipinski definition) is 0. The minimum atomic E-state index is -2.17. The lowest BCUT2D eigenvalue weighted by molar-refractivity contribution is 0.115. The first-order chi connectivity index (χ1) is 6.25. The molecule has 0 aromatic rings. The maximum atomic E-state index is 12.1. The van der Waals surface area contributed by atoms with Crippen molar-refractivity contribution in [3.05, 3.63) is 0 Å². The molecule has 0 radical (unpaired) electrons. The average molecular weight is 188 g/mol. The second-order valence-corrected chi connectivity index (χ2v) is 3.98. The Morgan fingerprint density at radius 1 is 1.23 bits per heavy atom. The van der Waals surface area contributed by atoms with Crippen LogP contribution in [0.5, 0.6) is 0 Å². The summed E-state index contributed by atoms with van der Waals surface area (Å²) in [5.41, 5.74) is 0. The Labute approximate surface area is 78.1 Å². The van der Waals surface area contributed by atoms with E-state index in [0.717, 1.165) is 19.6 Å². The normalized spacial score (nSPS) is 30.5. The summed E-state index contributed by atoms with van der Waals surface area (Å²) < 4.78 is 24.2. The second kappa shape index (κ2) is 3.92. The lowest BCUT2D eigenvalue weighted by atomic mass is 9.97. The van der Waals surface area contributed by atoms with E-state index in [1.54, 1.807) is 0 Å². The number of piperazine rings is 1. The van der Waals surface area contributed by atoms with Crippen LogP contribution in [-0.4, -0.2) is 55.7 Å². The van der Waals surface area contributed by atoms with E-state index in [-0.39, 0.29) is 6.44 Å². The number of rotatable bonds is 2. The van der Waals surface area contributed by atoms with Crippen molar-refractivity contribution in [2.24, 2.45) is 0 Å². The molecule has 0 amide bonds. The zero-order chi connectivity index (χ0) is 9.26. The SMILES string of the molecule is FB(F)CN1CCN2CCC[C@@H]2C1. The molecule has 5 heteroatoms. The molecule has 2 saturated heterocycles. The molecule has 0 aromatic carbocycles. The molecule has 74 valence electrons. The van der Waals surface area contributed by atoms with Crippen LogP contribution in [0.4, 0.5) is 8.63 Å². The van der Waals surface area contributed by atoms with Crippen LogP contribution in [0, 0.1) is 0 Å². The molecular formula is C8H15BF2N2. The van der Waals surface area contributed by atoms with Gasteiger partial charge in [-0.15, -0.1) is 0 Å². The first-order valence-electron chi connectivity index (χ1n) is 5.00. The predicted molar refractivity (Wildman–Crippen MR) is 49.0 cm³/mol. The van der Waals surface area contributed by atoms with Crippen LogP contribution >= 0.6 is 0 Å². The quantitative estimate of drug-likeness (QED) is 0.589. The minimum absolute atomic E-state index is 0.0374. The zero-order valence-corrected chi connectivity index (χ0v) is 7.75. The molecule has 0 N–H and O–H groups in total. The van der Waals surface area contributed by atoms with E-state index in [4.69, 9.17) is 0 Å². The van der Waals surface area contributed by atoms with Crippen molar-refractivity contribution in [3.63, 3.8) is 0 Å². The lowest BCUT2D eigenvalue weighted by Gasteiger charge is -2.37. The smallest absolute Gasteiger partial charge is 0.302 e. The summed E-state index contributed by atoms with van der Waals surface area (Å²) in [6.07, 6.45) is 2.40. The van der Waals surface area contributed by atoms with Crippen molar-refractivity contribution in [3.8, 4) is 0 Å². The van der Waals surface area contributed by atoms with Crippen LogP contribution in [0.1, 0.15) is 12.8 Å². The summed E-state index contributed by atoms with van der Waals surface area (Å²) in [4.78, 5) is 4.33. The molecule has 2 rings (SSSR count). The third-order valence-corrected chi connectivity index (χ3v) is 3.07. The van der Waals surface area contributed by atoms with Gasteiger partial charge in [-0.2, -0.15) is 0 Å². The summed E-state index contributed by atoms with van der Waals surface area (Å²) in [6, 6.07) is 0.562. The highest BCUT2D eigenvalue weighted by Crippen LogP contribution is 2.21. The molecule has 2 nitrogen and oxygen atoms in total. The Bertz CT molecular complexity index is 180. The van der Waals surface area contributed by atoms with E-state index in [2.05, 4.69) is 4.90 Å². The molecule has 2 heterocycles. The van der Waals surface area contributed by atoms with E-state index in [1.165, 1.54) is 19.4 Å². The fourth-order valence-corrected chi connectivity index (χ4v) is 2.42. The summed E-state index contributed by atoms with van der Waals surface area (Å²) in [5.74, 6) is 0. The molecule has 0 aliphatic carbocycles. The van der Waals surface area contributed by atoms with Gasteiger partial charge in [0.05, 0.1) is 0 Å². The van der Waals surface area contributed by atoms with Crippen LogP contribution in [-0.2, 0) is 0 Å². The summed E-state index contributed by atoms with van der Waals surface area (Å²) in [5, 5.41) is 0. The Balaban J connectivity index is 1.83. The van der Waals surface area contributed by atoms with Gasteiger partial charge < -0.3 is 4.90 Å². The van der Waals surface area contributed by atoms with Crippen molar-refractivity contribution in [1.82, 2.24) is 9.80 Å². The van der Waals surface area contributed by atoms with Gasteiger partial charge in [-0.3, -0.25) is 13.5 Å². The van der Waals surface area contributed by atoms with E-state index in [9.17, 15) is 8.63 Å². The Kier molecular flexibility index (Phi) is 2.84. The van der Waals surface area contributed by atoms with Crippen LogP contribution in [0.2, 0.25) is 0 Å². The molecular weight excluding hydrogens is 173 g/mol. The van der Waals surface area contributed by atoms with Crippen molar-refractivity contribution >= 4 is 7.27 Å². The standard InChI is InChI=1S/C8H15BF2N2/c10-9(11)7-12-4-5-13-3-1-2-8(13)6-12/h8H,1-7H2/t8-/m1/s1. The summed E-state index contributed by atoms with van der Waals surface area (Å²) in [7, 11) is -2.17. The van der Waals surface area contributed by atoms with E-state index in [0.29, 0.717) is 6.04 Å². The number of hydrogen-bond acceptors (Lipinski definition) is 2. The highest BCUT2D eigenvalue weighted by molar-refractivity contribution is 6.42. The van der Waals surface area contributed by atoms with E-state index >= 15 is 0 Å². The van der Waals surface area contributed by atoms with Crippen LogP contribution in [0.25, 0.3) is 0 Å². The maximum Gasteiger partial charge on any atom is 0.551 e. The highest BCUT2D eigenvalue weighted by atomic mass is 19.2. The van der Waals surface area contributed by atoms with Crippen LogP contribution < -0.4 is 0 Å². The lowest BCUT2D eigenvalue weighted by Crippen LogP contribution is -2.51. The third kappa shape index (κ3) is 2.20. The second-order valence-electron chi connectivity index (χ2n) is 3.98. The molecule has 0 aromatic heterocycles. The van der Waals surface area contributed by atoms with Gasteiger partial charge in [0.15, 0.2) is 0 Å². The minimum Gasteiger partial charge on any atom is -0.302 e. The monoisotopic (exact) mass is 188 g/mol. The van der Waals surface area contributed by atoms with Gasteiger partial charge in [0, 0.05) is 32.1 Å². The maximum absolute atomic E-state index is 12.1. The Morgan fingerprint density at radius 2 is 2.08 bits per heavy atom. The first kappa shape index (κ1) is 9.40. The van der Waals surface area contributed by atoms with Crippen molar-refractivity contribution < 1.29 is 8.63 Å². The van der Waals surface area contributed by atoms with Crippen LogP contribution in [0.3, 0.4) is 0 Å². The molecule has 0 unspecified atom stereocenters. The highest BCUT2D eigenvalue weighted by Gasteiger charge is 2.32. The molecule has 2 aliphatic rings. The van der Waals surface area contributed by atoms with Gasteiger partial charge in [-0.1, -0.05) is 0 Å². The topological polar surface area (TPSA) is 6.48 Å². The number of halogens is 2. The molecule has 2 aliphatic heterocycles. The Hall–Kier alpha value is -0.155. The first-order valence-corrected chi connectivity index (χ1v) is 5.00. The molecule has 13 heavy (non-hydrogen) atoms. The van der Waals surface area contributed by atoms with E-state index < -0.39 is 7.27 Å². The number of nitrogens with zero attached hydrogens (tertiary/aromatic N) is 2. The molecule has 0 saturated carbocycles. The number of fused-ring (bicyclic) bond motifs is 1. The van der Waals surface area contributed by atoms with Gasteiger partial charge in [-0.25, -0.2) is 0 Å². The average Bonchev–Trinajstić information content (AvgIpc) is 2.49.